The summed E-state index contributed by atoms with van der Waals surface area (Å²) in [5.74, 6) is -1.04. The number of hydrogen-bond acceptors (Lipinski definition) is 5. The SMILES string of the molecule is NCCCC[C@H](NC=NN[N+](=O)[O-])C(=O)O. The minimum absolute atomic E-state index is 0.386. The minimum atomic E-state index is -1.04. The lowest BCUT2D eigenvalue weighted by molar-refractivity contribution is -0.544. The second kappa shape index (κ2) is 8.41. The van der Waals surface area contributed by atoms with Gasteiger partial charge in [0.15, 0.2) is 0 Å². The molecule has 92 valence electrons. The molecule has 0 aliphatic rings. The van der Waals surface area contributed by atoms with E-state index < -0.39 is 17.0 Å². The van der Waals surface area contributed by atoms with E-state index in [-0.39, 0.29) is 0 Å². The van der Waals surface area contributed by atoms with Crippen molar-refractivity contribution in [1.82, 2.24) is 10.9 Å². The second-order valence-electron chi connectivity index (χ2n) is 2.96. The summed E-state index contributed by atoms with van der Waals surface area (Å²) < 4.78 is 0. The van der Waals surface area contributed by atoms with E-state index >= 15 is 0 Å². The third-order valence-electron chi connectivity index (χ3n) is 1.72. The van der Waals surface area contributed by atoms with Crippen LogP contribution in [-0.4, -0.2) is 35.0 Å². The normalized spacial score (nSPS) is 12.3. The number of hydrazone groups is 1. The Morgan fingerprint density at radius 3 is 2.81 bits per heavy atom. The number of hydrogen-bond donors (Lipinski definition) is 4. The summed E-state index contributed by atoms with van der Waals surface area (Å²) in [4.78, 5) is 20.5. The average molecular weight is 233 g/mol. The zero-order chi connectivity index (χ0) is 12.4. The predicted octanol–water partition coefficient (Wildman–Crippen LogP) is -1.12. The average Bonchev–Trinajstić information content (AvgIpc) is 2.21. The Morgan fingerprint density at radius 1 is 1.62 bits per heavy atom. The molecule has 0 unspecified atom stereocenters. The molecule has 0 aliphatic carbocycles. The lowest BCUT2D eigenvalue weighted by atomic mass is 10.1. The van der Waals surface area contributed by atoms with Crippen molar-refractivity contribution < 1.29 is 14.9 Å². The van der Waals surface area contributed by atoms with Crippen LogP contribution in [0.25, 0.3) is 0 Å². The largest absolute Gasteiger partial charge is 0.480 e. The number of carbonyl (C=O) groups is 1. The van der Waals surface area contributed by atoms with Crippen LogP contribution in [0.2, 0.25) is 0 Å². The van der Waals surface area contributed by atoms with Gasteiger partial charge in [0.05, 0.1) is 10.1 Å². The number of nitrogens with zero attached hydrogens (tertiary/aromatic N) is 2. The highest BCUT2D eigenvalue weighted by Crippen LogP contribution is 1.99. The van der Waals surface area contributed by atoms with E-state index in [2.05, 4.69) is 10.4 Å². The summed E-state index contributed by atoms with van der Waals surface area (Å²) in [6.07, 6.45) is 2.73. The maximum Gasteiger partial charge on any atom is 0.326 e. The van der Waals surface area contributed by atoms with E-state index in [1.54, 1.807) is 0 Å². The van der Waals surface area contributed by atoms with Crippen LogP contribution in [-0.2, 0) is 4.79 Å². The summed E-state index contributed by atoms with van der Waals surface area (Å²) in [5, 5.41) is 23.3. The number of nitrogens with two attached hydrogens (primary N) is 1. The quantitative estimate of drug-likeness (QED) is 0.130. The van der Waals surface area contributed by atoms with Gasteiger partial charge in [-0.1, -0.05) is 0 Å². The summed E-state index contributed by atoms with van der Waals surface area (Å²) in [7, 11) is 0. The van der Waals surface area contributed by atoms with E-state index in [4.69, 9.17) is 10.8 Å². The van der Waals surface area contributed by atoms with Crippen molar-refractivity contribution in [3.8, 4) is 0 Å². The van der Waals surface area contributed by atoms with Crippen LogP contribution in [0.5, 0.6) is 0 Å². The summed E-state index contributed by atoms with van der Waals surface area (Å²) in [5.41, 5.74) is 6.79. The molecule has 0 saturated carbocycles. The fraction of sp³-hybridized carbons (Fsp3) is 0.714. The van der Waals surface area contributed by atoms with Crippen LogP contribution in [0, 0.1) is 10.1 Å². The molecule has 0 radical (unpaired) electrons. The number of rotatable bonds is 9. The zero-order valence-corrected chi connectivity index (χ0v) is 8.63. The van der Waals surface area contributed by atoms with E-state index in [0.717, 1.165) is 12.8 Å². The maximum absolute atomic E-state index is 10.7. The standard InChI is InChI=1S/C7H15N5O4/c8-4-2-1-3-6(7(13)14)9-5-10-11-12(15)16/h5-6,11H,1-4,8H2,(H,9,10)(H,13,14)/t6-/m0/s1. The minimum Gasteiger partial charge on any atom is -0.480 e. The van der Waals surface area contributed by atoms with Crippen LogP contribution in [0.15, 0.2) is 5.10 Å². The third-order valence-corrected chi connectivity index (χ3v) is 1.72. The first-order valence-corrected chi connectivity index (χ1v) is 4.68. The first kappa shape index (κ1) is 14.1. The smallest absolute Gasteiger partial charge is 0.326 e. The molecule has 0 aromatic rings. The molecule has 0 amide bonds. The number of carboxylic acids is 1. The van der Waals surface area contributed by atoms with Crippen molar-refractivity contribution >= 4 is 12.3 Å². The van der Waals surface area contributed by atoms with E-state index in [1.165, 1.54) is 5.53 Å². The number of unbranched alkanes of at least 4 members (excludes halogenated alkanes) is 1. The highest BCUT2D eigenvalue weighted by Gasteiger charge is 2.15. The van der Waals surface area contributed by atoms with Crippen molar-refractivity contribution in [3.05, 3.63) is 10.1 Å². The molecular formula is C7H15N5O4. The van der Waals surface area contributed by atoms with Gasteiger partial charge in [-0.15, -0.1) is 0 Å². The highest BCUT2D eigenvalue weighted by atomic mass is 16.7. The molecule has 0 aliphatic heterocycles. The fourth-order valence-corrected chi connectivity index (χ4v) is 0.974. The Morgan fingerprint density at radius 2 is 2.31 bits per heavy atom. The Balaban J connectivity index is 3.89. The highest BCUT2D eigenvalue weighted by molar-refractivity contribution is 5.76. The van der Waals surface area contributed by atoms with Gasteiger partial charge in [0, 0.05) is 0 Å². The Kier molecular flexibility index (Phi) is 7.41. The Labute approximate surface area is 91.8 Å². The van der Waals surface area contributed by atoms with Crippen LogP contribution in [0.1, 0.15) is 19.3 Å². The van der Waals surface area contributed by atoms with Crippen molar-refractivity contribution in [3.63, 3.8) is 0 Å². The summed E-state index contributed by atoms with van der Waals surface area (Å²) in [6, 6.07) is -0.816. The van der Waals surface area contributed by atoms with Gasteiger partial charge in [-0.3, -0.25) is 0 Å². The van der Waals surface area contributed by atoms with Crippen molar-refractivity contribution in [2.24, 2.45) is 10.8 Å². The molecule has 5 N–H and O–H groups in total. The molecule has 9 nitrogen and oxygen atoms in total. The molecule has 16 heavy (non-hydrogen) atoms. The Hall–Kier alpha value is -1.90. The monoisotopic (exact) mass is 233 g/mol. The van der Waals surface area contributed by atoms with Crippen LogP contribution in [0.3, 0.4) is 0 Å². The molecule has 0 fully saturated rings. The molecule has 0 aromatic heterocycles. The van der Waals surface area contributed by atoms with Crippen molar-refractivity contribution in [1.29, 1.82) is 0 Å². The van der Waals surface area contributed by atoms with Gasteiger partial charge in [-0.05, 0) is 31.3 Å². The van der Waals surface area contributed by atoms with Crippen LogP contribution < -0.4 is 16.6 Å². The molecule has 0 rings (SSSR count). The van der Waals surface area contributed by atoms with Crippen LogP contribution >= 0.6 is 0 Å². The number of aliphatic carboxylic acids is 1. The molecule has 0 bridgehead atoms. The van der Waals surface area contributed by atoms with Crippen LogP contribution in [0.4, 0.5) is 0 Å². The first-order valence-electron chi connectivity index (χ1n) is 4.68. The predicted molar refractivity (Wildman–Crippen MR) is 56.1 cm³/mol. The number of carboxylic acid groups (broad SMARTS) is 1. The van der Waals surface area contributed by atoms with Gasteiger partial charge in [-0.2, -0.15) is 0 Å². The first-order chi connectivity index (χ1) is 7.57. The molecular weight excluding hydrogens is 218 g/mol. The van der Waals surface area contributed by atoms with Gasteiger partial charge >= 0.3 is 5.97 Å². The van der Waals surface area contributed by atoms with Gasteiger partial charge in [0.25, 0.3) is 0 Å². The van der Waals surface area contributed by atoms with Crippen molar-refractivity contribution in [2.75, 3.05) is 6.54 Å². The van der Waals surface area contributed by atoms with E-state index in [9.17, 15) is 14.9 Å². The molecule has 1 atom stereocenters. The van der Waals surface area contributed by atoms with Gasteiger partial charge in [-0.25, -0.2) is 4.79 Å². The third kappa shape index (κ3) is 7.50. The van der Waals surface area contributed by atoms with Gasteiger partial charge in [0.2, 0.25) is 6.34 Å². The summed E-state index contributed by atoms with van der Waals surface area (Å²) in [6.45, 7) is 0.503. The molecule has 0 heterocycles. The number of nitrogens with one attached hydrogen (secondary N) is 2. The lowest BCUT2D eigenvalue weighted by Gasteiger charge is -2.09. The number of nitro groups is 1. The molecule has 0 aromatic carbocycles. The fourth-order valence-electron chi connectivity index (χ4n) is 0.974. The lowest BCUT2D eigenvalue weighted by Crippen LogP contribution is -2.36. The van der Waals surface area contributed by atoms with Gasteiger partial charge in [0.1, 0.15) is 6.04 Å². The van der Waals surface area contributed by atoms with Gasteiger partial charge < -0.3 is 26.3 Å². The summed E-state index contributed by atoms with van der Waals surface area (Å²) >= 11 is 0. The maximum atomic E-state index is 10.7. The van der Waals surface area contributed by atoms with E-state index in [1.807, 2.05) is 0 Å². The van der Waals surface area contributed by atoms with E-state index in [0.29, 0.717) is 19.4 Å². The van der Waals surface area contributed by atoms with Crippen molar-refractivity contribution in [2.45, 2.75) is 25.3 Å². The molecule has 9 heteroatoms. The second-order valence-corrected chi connectivity index (χ2v) is 2.96. The zero-order valence-electron chi connectivity index (χ0n) is 8.63. The topological polar surface area (TPSA) is 143 Å². The number of hydrazine groups is 1. The Bertz CT molecular complexity index is 257. The molecule has 0 saturated heterocycles. The molecule has 0 spiro atoms.